The van der Waals surface area contributed by atoms with Crippen LogP contribution in [0.15, 0.2) is 60.9 Å². The number of anilines is 1. The molecule has 1 aromatic carbocycles. The van der Waals surface area contributed by atoms with E-state index in [0.717, 1.165) is 60.2 Å². The predicted molar refractivity (Wildman–Crippen MR) is 112 cm³/mol. The highest BCUT2D eigenvalue weighted by molar-refractivity contribution is 6.33. The third-order valence-electron chi connectivity index (χ3n) is 4.97. The Balaban J connectivity index is 1.74. The number of halogens is 1. The fourth-order valence-electron chi connectivity index (χ4n) is 3.58. The highest BCUT2D eigenvalue weighted by Crippen LogP contribution is 2.32. The van der Waals surface area contributed by atoms with Crippen LogP contribution in [-0.4, -0.2) is 45.7 Å². The maximum atomic E-state index is 6.50. The van der Waals surface area contributed by atoms with Crippen LogP contribution in [0, 0.1) is 0 Å². The molecule has 4 aromatic rings. The molecule has 1 N–H and O–H groups in total. The maximum Gasteiger partial charge on any atom is 0.167 e. The summed E-state index contributed by atoms with van der Waals surface area (Å²) in [6.07, 6.45) is 3.55. The number of aromatic nitrogens is 4. The number of pyridine rings is 2. The first-order valence-corrected chi connectivity index (χ1v) is 9.69. The molecule has 0 bridgehead atoms. The smallest absolute Gasteiger partial charge is 0.167 e. The molecule has 1 fully saturated rings. The highest BCUT2D eigenvalue weighted by Gasteiger charge is 2.19. The molecule has 1 aliphatic heterocycles. The van der Waals surface area contributed by atoms with Crippen LogP contribution in [0.2, 0.25) is 5.02 Å². The van der Waals surface area contributed by atoms with Gasteiger partial charge in [0.1, 0.15) is 17.2 Å². The van der Waals surface area contributed by atoms with Crippen molar-refractivity contribution in [2.45, 2.75) is 0 Å². The SMILES string of the molecule is Clc1ccccc1-c1nc2ccc(N3CCNCC3)nc2n1-c1ccncc1. The van der Waals surface area contributed by atoms with E-state index in [1.54, 1.807) is 12.4 Å². The lowest BCUT2D eigenvalue weighted by atomic mass is 10.2. The summed E-state index contributed by atoms with van der Waals surface area (Å²) in [7, 11) is 0. The second-order valence-corrected chi connectivity index (χ2v) is 7.11. The number of nitrogens with zero attached hydrogens (tertiary/aromatic N) is 5. The topological polar surface area (TPSA) is 58.9 Å². The van der Waals surface area contributed by atoms with Gasteiger partial charge in [-0.25, -0.2) is 9.97 Å². The van der Waals surface area contributed by atoms with Crippen LogP contribution in [-0.2, 0) is 0 Å². The van der Waals surface area contributed by atoms with Crippen molar-refractivity contribution in [2.24, 2.45) is 0 Å². The lowest BCUT2D eigenvalue weighted by Crippen LogP contribution is -2.43. The van der Waals surface area contributed by atoms with E-state index in [2.05, 4.69) is 19.8 Å². The molecule has 0 aliphatic carbocycles. The number of imidazole rings is 1. The van der Waals surface area contributed by atoms with Gasteiger partial charge in [-0.3, -0.25) is 9.55 Å². The van der Waals surface area contributed by atoms with Gasteiger partial charge in [0, 0.05) is 44.1 Å². The molecule has 28 heavy (non-hydrogen) atoms. The highest BCUT2D eigenvalue weighted by atomic mass is 35.5. The summed E-state index contributed by atoms with van der Waals surface area (Å²) in [5.41, 5.74) is 3.49. The third kappa shape index (κ3) is 3.00. The van der Waals surface area contributed by atoms with Crippen molar-refractivity contribution >= 4 is 28.6 Å². The number of hydrogen-bond acceptors (Lipinski definition) is 5. The molecule has 1 saturated heterocycles. The maximum absolute atomic E-state index is 6.50. The minimum atomic E-state index is 0.662. The minimum Gasteiger partial charge on any atom is -0.354 e. The van der Waals surface area contributed by atoms with Gasteiger partial charge in [0.15, 0.2) is 5.65 Å². The molecule has 0 unspecified atom stereocenters. The summed E-state index contributed by atoms with van der Waals surface area (Å²) in [6, 6.07) is 15.8. The van der Waals surface area contributed by atoms with E-state index in [0.29, 0.717) is 5.02 Å². The molecule has 140 valence electrons. The lowest BCUT2D eigenvalue weighted by molar-refractivity contribution is 0.585. The van der Waals surface area contributed by atoms with Crippen molar-refractivity contribution in [3.63, 3.8) is 0 Å². The fraction of sp³-hybridized carbons (Fsp3) is 0.190. The first-order chi connectivity index (χ1) is 13.8. The van der Waals surface area contributed by atoms with E-state index in [-0.39, 0.29) is 0 Å². The third-order valence-corrected chi connectivity index (χ3v) is 5.30. The molecule has 0 amide bonds. The van der Waals surface area contributed by atoms with Gasteiger partial charge in [0.05, 0.1) is 10.7 Å². The second-order valence-electron chi connectivity index (χ2n) is 6.71. The Morgan fingerprint density at radius 1 is 0.893 bits per heavy atom. The fourth-order valence-corrected chi connectivity index (χ4v) is 3.80. The molecule has 0 atom stereocenters. The van der Waals surface area contributed by atoms with Gasteiger partial charge in [-0.2, -0.15) is 0 Å². The first kappa shape index (κ1) is 17.2. The van der Waals surface area contributed by atoms with Gasteiger partial charge in [0.25, 0.3) is 0 Å². The molecule has 1 aliphatic rings. The van der Waals surface area contributed by atoms with Crippen molar-refractivity contribution in [1.82, 2.24) is 24.8 Å². The van der Waals surface area contributed by atoms with E-state index in [1.807, 2.05) is 48.5 Å². The van der Waals surface area contributed by atoms with Crippen LogP contribution in [0.4, 0.5) is 5.82 Å². The van der Waals surface area contributed by atoms with E-state index in [9.17, 15) is 0 Å². The quantitative estimate of drug-likeness (QED) is 0.579. The summed E-state index contributed by atoms with van der Waals surface area (Å²) >= 11 is 6.50. The Morgan fingerprint density at radius 2 is 1.68 bits per heavy atom. The van der Waals surface area contributed by atoms with Gasteiger partial charge < -0.3 is 10.2 Å². The van der Waals surface area contributed by atoms with E-state index in [1.165, 1.54) is 0 Å². The van der Waals surface area contributed by atoms with Crippen molar-refractivity contribution in [3.05, 3.63) is 65.9 Å². The first-order valence-electron chi connectivity index (χ1n) is 9.32. The summed E-state index contributed by atoms with van der Waals surface area (Å²) < 4.78 is 2.06. The number of rotatable bonds is 3. The summed E-state index contributed by atoms with van der Waals surface area (Å²) in [5, 5.41) is 4.04. The molecular weight excluding hydrogens is 372 g/mol. The molecule has 4 heterocycles. The molecule has 3 aromatic heterocycles. The van der Waals surface area contributed by atoms with Gasteiger partial charge >= 0.3 is 0 Å². The largest absolute Gasteiger partial charge is 0.354 e. The molecule has 0 radical (unpaired) electrons. The number of hydrogen-bond donors (Lipinski definition) is 1. The van der Waals surface area contributed by atoms with Crippen LogP contribution >= 0.6 is 11.6 Å². The summed E-state index contributed by atoms with van der Waals surface area (Å²) in [5.74, 6) is 1.74. The Bertz CT molecular complexity index is 1120. The number of nitrogens with one attached hydrogen (secondary N) is 1. The van der Waals surface area contributed by atoms with E-state index in [4.69, 9.17) is 21.6 Å². The average Bonchev–Trinajstić information content (AvgIpc) is 3.14. The molecule has 6 nitrogen and oxygen atoms in total. The van der Waals surface area contributed by atoms with Crippen LogP contribution < -0.4 is 10.2 Å². The van der Waals surface area contributed by atoms with Gasteiger partial charge in [-0.1, -0.05) is 23.7 Å². The Hall–Kier alpha value is -2.96. The van der Waals surface area contributed by atoms with Gasteiger partial charge in [-0.05, 0) is 36.4 Å². The van der Waals surface area contributed by atoms with E-state index >= 15 is 0 Å². The molecule has 0 spiro atoms. The van der Waals surface area contributed by atoms with Crippen molar-refractivity contribution in [2.75, 3.05) is 31.1 Å². The molecule has 0 saturated carbocycles. The Kier molecular flexibility index (Phi) is 4.43. The van der Waals surface area contributed by atoms with Crippen LogP contribution in [0.25, 0.3) is 28.2 Å². The predicted octanol–water partition coefficient (Wildman–Crippen LogP) is 3.55. The standard InChI is InChI=1S/C21H19ClN6/c22-17-4-2-1-3-16(17)20-25-18-5-6-19(27-13-11-24-12-14-27)26-21(18)28(20)15-7-9-23-10-8-15/h1-10,24H,11-14H2. The minimum absolute atomic E-state index is 0.662. The van der Waals surface area contributed by atoms with E-state index < -0.39 is 0 Å². The zero-order valence-electron chi connectivity index (χ0n) is 15.2. The molecular formula is C21H19ClN6. The zero-order chi connectivity index (χ0) is 18.9. The Labute approximate surface area is 167 Å². The number of benzene rings is 1. The Morgan fingerprint density at radius 3 is 2.46 bits per heavy atom. The van der Waals surface area contributed by atoms with Crippen LogP contribution in [0.5, 0.6) is 0 Å². The summed E-state index contributed by atoms with van der Waals surface area (Å²) in [6.45, 7) is 3.82. The average molecular weight is 391 g/mol. The van der Waals surface area contributed by atoms with Crippen molar-refractivity contribution in [3.8, 4) is 17.1 Å². The molecule has 7 heteroatoms. The second kappa shape index (κ2) is 7.22. The van der Waals surface area contributed by atoms with Crippen molar-refractivity contribution in [1.29, 1.82) is 0 Å². The zero-order valence-corrected chi connectivity index (χ0v) is 16.0. The van der Waals surface area contributed by atoms with Crippen LogP contribution in [0.1, 0.15) is 0 Å². The van der Waals surface area contributed by atoms with Crippen molar-refractivity contribution < 1.29 is 0 Å². The van der Waals surface area contributed by atoms with Gasteiger partial charge in [0.2, 0.25) is 0 Å². The van der Waals surface area contributed by atoms with Crippen LogP contribution in [0.3, 0.4) is 0 Å². The number of piperazine rings is 1. The lowest BCUT2D eigenvalue weighted by Gasteiger charge is -2.28. The summed E-state index contributed by atoms with van der Waals surface area (Å²) in [4.78, 5) is 16.3. The number of fused-ring (bicyclic) bond motifs is 1. The van der Waals surface area contributed by atoms with Gasteiger partial charge in [-0.15, -0.1) is 0 Å². The monoisotopic (exact) mass is 390 g/mol. The normalized spacial score (nSPS) is 14.5. The molecule has 5 rings (SSSR count).